The molecule has 4 aliphatic rings. The molecule has 4 nitrogen and oxygen atoms in total. The first-order chi connectivity index (χ1) is 16.3. The summed E-state index contributed by atoms with van der Waals surface area (Å²) >= 11 is 0. The van der Waals surface area contributed by atoms with Crippen molar-refractivity contribution in [1.82, 2.24) is 9.88 Å². The number of hydrogen-bond donors (Lipinski definition) is 0. The minimum absolute atomic E-state index is 0.142. The number of nitrogens with zero attached hydrogens (tertiary/aromatic N) is 2. The van der Waals surface area contributed by atoms with Crippen LogP contribution < -0.4 is 4.74 Å². The molecule has 4 heteroatoms. The highest BCUT2D eigenvalue weighted by Gasteiger charge is 2.58. The van der Waals surface area contributed by atoms with Crippen molar-refractivity contribution in [2.24, 2.45) is 34.5 Å². The third-order valence-corrected chi connectivity index (χ3v) is 10.3. The number of unbranched alkanes of at least 4 members (excludes halogenated alkanes) is 1. The zero-order chi connectivity index (χ0) is 24.1. The number of rotatable bonds is 5. The van der Waals surface area contributed by atoms with Crippen molar-refractivity contribution in [1.29, 1.82) is 0 Å². The monoisotopic (exact) mass is 462 g/mol. The lowest BCUT2D eigenvalue weighted by Gasteiger charge is -2.59. The van der Waals surface area contributed by atoms with Gasteiger partial charge >= 0.3 is 0 Å². The second-order valence-corrected chi connectivity index (χ2v) is 11.9. The first-order valence-corrected chi connectivity index (χ1v) is 13.5. The molecule has 1 aromatic rings. The van der Waals surface area contributed by atoms with Crippen LogP contribution in [0.3, 0.4) is 0 Å². The molecule has 0 N–H and O–H groups in total. The van der Waals surface area contributed by atoms with E-state index in [1.54, 1.807) is 13.3 Å². The third-order valence-electron chi connectivity index (χ3n) is 10.3. The molecule has 2 fully saturated rings. The molecular formula is C30H42N2O2. The standard InChI is InChI=1S/C30H42N2O2/c1-6-7-8-20-16-23-25-10-9-24(21-15-22(34-5)19-31-18-21)29(25,2)12-11-26(23)30(3)13-14-32(4)28(33)17-27(20)30/h9,15,17-20,23,25-26H,6-8,10-14,16H2,1-5H3. The van der Waals surface area contributed by atoms with Crippen LogP contribution >= 0.6 is 0 Å². The minimum atomic E-state index is 0.142. The number of amides is 1. The molecule has 0 radical (unpaired) electrons. The number of methoxy groups -OCH3 is 1. The van der Waals surface area contributed by atoms with E-state index in [0.29, 0.717) is 23.7 Å². The van der Waals surface area contributed by atoms with E-state index >= 15 is 0 Å². The minimum Gasteiger partial charge on any atom is -0.495 e. The summed E-state index contributed by atoms with van der Waals surface area (Å²) in [4.78, 5) is 19.3. The summed E-state index contributed by atoms with van der Waals surface area (Å²) in [5.41, 5.74) is 4.54. The summed E-state index contributed by atoms with van der Waals surface area (Å²) in [5.74, 6) is 3.66. The van der Waals surface area contributed by atoms with Crippen molar-refractivity contribution < 1.29 is 9.53 Å². The second-order valence-electron chi connectivity index (χ2n) is 11.9. The molecule has 1 aromatic heterocycles. The maximum atomic E-state index is 12.9. The lowest BCUT2D eigenvalue weighted by atomic mass is 9.45. The zero-order valence-corrected chi connectivity index (χ0v) is 21.8. The number of allylic oxidation sites excluding steroid dienone is 3. The molecule has 1 aliphatic heterocycles. The van der Waals surface area contributed by atoms with E-state index in [9.17, 15) is 4.79 Å². The van der Waals surface area contributed by atoms with Gasteiger partial charge in [-0.1, -0.05) is 45.3 Å². The molecule has 2 saturated carbocycles. The van der Waals surface area contributed by atoms with E-state index in [2.05, 4.69) is 44.0 Å². The van der Waals surface area contributed by atoms with Crippen molar-refractivity contribution in [2.75, 3.05) is 20.7 Å². The molecule has 1 amide bonds. The molecule has 3 aliphatic carbocycles. The molecule has 0 saturated heterocycles. The van der Waals surface area contributed by atoms with Gasteiger partial charge in [0.2, 0.25) is 5.91 Å². The largest absolute Gasteiger partial charge is 0.495 e. The maximum absolute atomic E-state index is 12.9. The third kappa shape index (κ3) is 3.63. The van der Waals surface area contributed by atoms with Gasteiger partial charge in [0, 0.05) is 25.9 Å². The highest BCUT2D eigenvalue weighted by Crippen LogP contribution is 2.67. The van der Waals surface area contributed by atoms with Crippen molar-refractivity contribution in [3.8, 4) is 5.75 Å². The average Bonchev–Trinajstić information content (AvgIpc) is 3.14. The van der Waals surface area contributed by atoms with E-state index in [4.69, 9.17) is 4.74 Å². The van der Waals surface area contributed by atoms with Crippen LogP contribution in [-0.2, 0) is 4.79 Å². The Balaban J connectivity index is 1.50. The molecule has 6 atom stereocenters. The van der Waals surface area contributed by atoms with Crippen molar-refractivity contribution in [3.63, 3.8) is 0 Å². The Morgan fingerprint density at radius 1 is 1.18 bits per heavy atom. The fourth-order valence-corrected chi connectivity index (χ4v) is 8.33. The first-order valence-electron chi connectivity index (χ1n) is 13.5. The topological polar surface area (TPSA) is 42.4 Å². The van der Waals surface area contributed by atoms with Gasteiger partial charge in [0.05, 0.1) is 13.3 Å². The predicted octanol–water partition coefficient (Wildman–Crippen LogP) is 6.53. The average molecular weight is 463 g/mol. The van der Waals surface area contributed by atoms with E-state index in [0.717, 1.165) is 18.7 Å². The number of aromatic nitrogens is 1. The lowest BCUT2D eigenvalue weighted by molar-refractivity contribution is -0.124. The number of pyridine rings is 1. The summed E-state index contributed by atoms with van der Waals surface area (Å²) in [6.07, 6.45) is 18.1. The Bertz CT molecular complexity index is 1010. The Morgan fingerprint density at radius 2 is 2.00 bits per heavy atom. The number of likely N-dealkylation sites (N-methyl/N-ethyl adjacent to an activating group) is 1. The van der Waals surface area contributed by atoms with Gasteiger partial charge < -0.3 is 9.64 Å². The SMILES string of the molecule is CCCCC1CC2C3CC=C(c4cncc(OC)c4)C3(C)CCC2C2(C)CCN(C)C(=O)C=C12. The van der Waals surface area contributed by atoms with Crippen LogP contribution in [-0.4, -0.2) is 36.5 Å². The molecule has 6 unspecified atom stereocenters. The van der Waals surface area contributed by atoms with Gasteiger partial charge in [0.1, 0.15) is 5.75 Å². The Kier molecular flexibility index (Phi) is 6.14. The quantitative estimate of drug-likeness (QED) is 0.499. The van der Waals surface area contributed by atoms with Crippen LogP contribution in [0.25, 0.3) is 5.57 Å². The Hall–Kier alpha value is -2.10. The van der Waals surface area contributed by atoms with Gasteiger partial charge in [0.25, 0.3) is 0 Å². The molecule has 0 spiro atoms. The smallest absolute Gasteiger partial charge is 0.246 e. The van der Waals surface area contributed by atoms with Gasteiger partial charge in [-0.15, -0.1) is 0 Å². The number of ether oxygens (including phenoxy) is 1. The molecular weight excluding hydrogens is 420 g/mol. The van der Waals surface area contributed by atoms with E-state index in [1.807, 2.05) is 18.1 Å². The molecule has 5 rings (SSSR count). The molecule has 2 heterocycles. The van der Waals surface area contributed by atoms with Crippen LogP contribution in [0, 0.1) is 34.5 Å². The maximum Gasteiger partial charge on any atom is 0.246 e. The summed E-state index contributed by atoms with van der Waals surface area (Å²) in [7, 11) is 3.70. The Morgan fingerprint density at radius 3 is 2.76 bits per heavy atom. The highest BCUT2D eigenvalue weighted by molar-refractivity contribution is 5.89. The fourth-order valence-electron chi connectivity index (χ4n) is 8.33. The first kappa shape index (κ1) is 23.6. The second kappa shape index (κ2) is 8.84. The van der Waals surface area contributed by atoms with Gasteiger partial charge in [-0.3, -0.25) is 9.78 Å². The number of carbonyl (C=O) groups is 1. The zero-order valence-electron chi connectivity index (χ0n) is 21.8. The Labute approximate surface area is 205 Å². The van der Waals surface area contributed by atoms with E-state index in [1.165, 1.54) is 61.7 Å². The van der Waals surface area contributed by atoms with Gasteiger partial charge in [-0.05, 0) is 90.2 Å². The van der Waals surface area contributed by atoms with Gasteiger partial charge in [0.15, 0.2) is 0 Å². The summed E-state index contributed by atoms with van der Waals surface area (Å²) < 4.78 is 5.49. The van der Waals surface area contributed by atoms with Gasteiger partial charge in [-0.25, -0.2) is 0 Å². The van der Waals surface area contributed by atoms with E-state index < -0.39 is 0 Å². The normalized spacial score (nSPS) is 37.2. The van der Waals surface area contributed by atoms with Crippen molar-refractivity contribution in [3.05, 3.63) is 41.7 Å². The van der Waals surface area contributed by atoms with Crippen LogP contribution in [0.5, 0.6) is 5.75 Å². The highest BCUT2D eigenvalue weighted by atomic mass is 16.5. The van der Waals surface area contributed by atoms with Crippen LogP contribution in [0.2, 0.25) is 0 Å². The van der Waals surface area contributed by atoms with Crippen LogP contribution in [0.4, 0.5) is 0 Å². The van der Waals surface area contributed by atoms with Crippen molar-refractivity contribution in [2.45, 2.75) is 72.1 Å². The lowest BCUT2D eigenvalue weighted by Crippen LogP contribution is -2.51. The molecule has 184 valence electrons. The fraction of sp³-hybridized carbons (Fsp3) is 0.667. The van der Waals surface area contributed by atoms with Crippen LogP contribution in [0.15, 0.2) is 36.2 Å². The molecule has 34 heavy (non-hydrogen) atoms. The number of hydrogen-bond acceptors (Lipinski definition) is 3. The number of fused-ring (bicyclic) bond motifs is 5. The predicted molar refractivity (Wildman–Crippen MR) is 137 cm³/mol. The van der Waals surface area contributed by atoms with Crippen molar-refractivity contribution >= 4 is 11.5 Å². The molecule has 0 bridgehead atoms. The summed E-state index contributed by atoms with van der Waals surface area (Å²) in [6.45, 7) is 8.20. The van der Waals surface area contributed by atoms with Crippen LogP contribution in [0.1, 0.15) is 77.7 Å². The number of carbonyl (C=O) groups excluding carboxylic acids is 1. The van der Waals surface area contributed by atoms with Gasteiger partial charge in [-0.2, -0.15) is 0 Å². The summed E-state index contributed by atoms with van der Waals surface area (Å²) in [5, 5.41) is 0. The summed E-state index contributed by atoms with van der Waals surface area (Å²) in [6, 6.07) is 2.17. The van der Waals surface area contributed by atoms with E-state index in [-0.39, 0.29) is 16.7 Å². The molecule has 0 aromatic carbocycles.